The summed E-state index contributed by atoms with van der Waals surface area (Å²) >= 11 is 1.45. The number of halogens is 3. The topological polar surface area (TPSA) is 49.6 Å². The van der Waals surface area contributed by atoms with Gasteiger partial charge in [-0.25, -0.2) is 4.98 Å². The summed E-state index contributed by atoms with van der Waals surface area (Å²) in [6.45, 7) is 3.22. The van der Waals surface area contributed by atoms with Crippen LogP contribution in [0.5, 0.6) is 0 Å². The minimum absolute atomic E-state index is 0.0646. The summed E-state index contributed by atoms with van der Waals surface area (Å²) in [6.07, 6.45) is 2.42. The van der Waals surface area contributed by atoms with E-state index in [0.717, 1.165) is 54.9 Å². The maximum Gasteiger partial charge on any atom is 0.416 e. The summed E-state index contributed by atoms with van der Waals surface area (Å²) in [4.78, 5) is 20.2. The van der Waals surface area contributed by atoms with Crippen molar-refractivity contribution in [3.05, 3.63) is 70.4 Å². The summed E-state index contributed by atoms with van der Waals surface area (Å²) in [6, 6.07) is 11.7. The summed E-state index contributed by atoms with van der Waals surface area (Å²) < 4.78 is 41.6. The van der Waals surface area contributed by atoms with E-state index in [-0.39, 0.29) is 5.91 Å². The van der Waals surface area contributed by atoms with E-state index < -0.39 is 11.7 Å². The number of benzene rings is 1. The minimum atomic E-state index is -4.31. The molecule has 0 unspecified atom stereocenters. The molecule has 184 valence electrons. The Balaban J connectivity index is 1.06. The molecule has 0 radical (unpaired) electrons. The predicted molar refractivity (Wildman–Crippen MR) is 131 cm³/mol. The number of piperidine rings is 1. The van der Waals surface area contributed by atoms with Crippen LogP contribution in [0, 0.1) is 5.92 Å². The van der Waals surface area contributed by atoms with Gasteiger partial charge in [0, 0.05) is 6.54 Å². The van der Waals surface area contributed by atoms with Gasteiger partial charge < -0.3 is 10.2 Å². The molecule has 1 amide bonds. The Labute approximate surface area is 206 Å². The van der Waals surface area contributed by atoms with Crippen molar-refractivity contribution in [2.45, 2.75) is 36.9 Å². The number of pyridine rings is 1. The van der Waals surface area contributed by atoms with Gasteiger partial charge in [-0.3, -0.25) is 9.20 Å². The first-order valence-corrected chi connectivity index (χ1v) is 12.7. The average molecular weight is 501 g/mol. The number of carbonyl (C=O) groups is 1. The number of nitrogens with one attached hydrogen (secondary N) is 1. The molecule has 3 aromatic rings. The lowest BCUT2D eigenvalue weighted by Gasteiger charge is -2.32. The molecule has 0 spiro atoms. The number of likely N-dealkylation sites (tertiary alicyclic amines) is 1. The third-order valence-corrected chi connectivity index (χ3v) is 7.79. The molecule has 0 bridgehead atoms. The van der Waals surface area contributed by atoms with Crippen molar-refractivity contribution >= 4 is 29.4 Å². The molecule has 0 atom stereocenters. The van der Waals surface area contributed by atoms with Gasteiger partial charge in [0.05, 0.1) is 27.4 Å². The molecule has 2 aromatic heterocycles. The van der Waals surface area contributed by atoms with Crippen LogP contribution in [-0.2, 0) is 17.4 Å². The second kappa shape index (κ2) is 10.1. The Kier molecular flexibility index (Phi) is 6.88. The molecule has 1 aromatic carbocycles. The highest BCUT2D eigenvalue weighted by molar-refractivity contribution is 8.04. The smallest absolute Gasteiger partial charge is 0.351 e. The third kappa shape index (κ3) is 5.41. The van der Waals surface area contributed by atoms with E-state index in [1.165, 1.54) is 17.8 Å². The first-order chi connectivity index (χ1) is 16.9. The first kappa shape index (κ1) is 23.9. The lowest BCUT2D eigenvalue weighted by Crippen LogP contribution is -2.39. The molecule has 2 aliphatic heterocycles. The van der Waals surface area contributed by atoms with Gasteiger partial charge in [-0.2, -0.15) is 13.2 Å². The summed E-state index contributed by atoms with van der Waals surface area (Å²) in [7, 11) is 0. The number of thioether (sulfide) groups is 1. The fraction of sp³-hybridized carbons (Fsp3) is 0.385. The standard InChI is InChI=1S/C26H27F3N4OS/c27-26(28,29)21-7-2-1-5-19(21)6-4-12-32-13-10-18(11-14-32)16-31-25(34)22-15-20-17-30-23-8-3-9-24(35-22)33(20)23/h1-3,5,7-9,15,17-18H,4,6,10-14,16H2,(H,31,34). The number of nitrogens with zero attached hydrogens (tertiary/aromatic N) is 3. The zero-order chi connectivity index (χ0) is 24.4. The number of aromatic nitrogens is 2. The van der Waals surface area contributed by atoms with Crippen molar-refractivity contribution in [1.82, 2.24) is 19.6 Å². The van der Waals surface area contributed by atoms with Crippen LogP contribution < -0.4 is 5.32 Å². The number of hydrogen-bond acceptors (Lipinski definition) is 4. The third-order valence-electron chi connectivity index (χ3n) is 6.74. The first-order valence-electron chi connectivity index (χ1n) is 11.9. The van der Waals surface area contributed by atoms with Crippen molar-refractivity contribution in [3.63, 3.8) is 0 Å². The van der Waals surface area contributed by atoms with Crippen molar-refractivity contribution < 1.29 is 18.0 Å². The molecular weight excluding hydrogens is 473 g/mol. The summed E-state index contributed by atoms with van der Waals surface area (Å²) in [5.74, 6) is 0.342. The molecule has 0 aliphatic carbocycles. The minimum Gasteiger partial charge on any atom is -0.351 e. The Morgan fingerprint density at radius 1 is 1.11 bits per heavy atom. The van der Waals surface area contributed by atoms with Crippen LogP contribution in [0.2, 0.25) is 0 Å². The van der Waals surface area contributed by atoms with E-state index in [1.807, 2.05) is 28.7 Å². The van der Waals surface area contributed by atoms with Crippen LogP contribution in [0.4, 0.5) is 13.2 Å². The number of carbonyl (C=O) groups excluding carboxylic acids is 1. The van der Waals surface area contributed by atoms with E-state index >= 15 is 0 Å². The van der Waals surface area contributed by atoms with Crippen LogP contribution >= 0.6 is 11.8 Å². The molecule has 35 heavy (non-hydrogen) atoms. The van der Waals surface area contributed by atoms with Gasteiger partial charge in [-0.05, 0) is 81.1 Å². The molecule has 1 fully saturated rings. The number of imidazole rings is 1. The lowest BCUT2D eigenvalue weighted by atomic mass is 9.96. The molecule has 4 heterocycles. The predicted octanol–water partition coefficient (Wildman–Crippen LogP) is 5.26. The zero-order valence-electron chi connectivity index (χ0n) is 19.2. The fourth-order valence-corrected chi connectivity index (χ4v) is 5.85. The molecule has 1 saturated heterocycles. The van der Waals surface area contributed by atoms with Gasteiger partial charge in [-0.1, -0.05) is 36.0 Å². The Hall–Kier alpha value is -2.78. The molecule has 2 aliphatic rings. The number of rotatable bonds is 7. The normalized spacial score (nSPS) is 16.9. The van der Waals surface area contributed by atoms with Gasteiger partial charge >= 0.3 is 6.18 Å². The molecule has 9 heteroatoms. The van der Waals surface area contributed by atoms with Crippen molar-refractivity contribution in [2.24, 2.45) is 5.92 Å². The van der Waals surface area contributed by atoms with Gasteiger partial charge in [0.15, 0.2) is 0 Å². The highest BCUT2D eigenvalue weighted by atomic mass is 32.2. The van der Waals surface area contributed by atoms with Crippen molar-refractivity contribution in [1.29, 1.82) is 0 Å². The van der Waals surface area contributed by atoms with Gasteiger partial charge in [0.2, 0.25) is 0 Å². The van der Waals surface area contributed by atoms with Crippen LogP contribution in [0.25, 0.3) is 11.7 Å². The fourth-order valence-electron chi connectivity index (χ4n) is 4.84. The molecular formula is C26H27F3N4OS. The average Bonchev–Trinajstić information content (AvgIpc) is 3.27. The summed E-state index contributed by atoms with van der Waals surface area (Å²) in [5, 5.41) is 4.07. The highest BCUT2D eigenvalue weighted by Gasteiger charge is 2.32. The van der Waals surface area contributed by atoms with E-state index in [4.69, 9.17) is 0 Å². The second-order valence-corrected chi connectivity index (χ2v) is 10.2. The van der Waals surface area contributed by atoms with E-state index in [1.54, 1.807) is 18.3 Å². The van der Waals surface area contributed by atoms with Crippen molar-refractivity contribution in [2.75, 3.05) is 26.2 Å². The van der Waals surface area contributed by atoms with Crippen LogP contribution in [0.15, 0.2) is 58.6 Å². The van der Waals surface area contributed by atoms with Crippen LogP contribution in [0.3, 0.4) is 0 Å². The van der Waals surface area contributed by atoms with Crippen LogP contribution in [-0.4, -0.2) is 46.4 Å². The maximum atomic E-state index is 13.2. The SMILES string of the molecule is O=C(NCC1CCN(CCCc2ccccc2C(F)(F)F)CC1)C1=Cc2cnc3cccc(n23)S1. The van der Waals surface area contributed by atoms with Gasteiger partial charge in [0.25, 0.3) is 5.91 Å². The quantitative estimate of drug-likeness (QED) is 0.481. The van der Waals surface area contributed by atoms with E-state index in [0.29, 0.717) is 35.8 Å². The number of aryl methyl sites for hydroxylation is 1. The number of hydrogen-bond donors (Lipinski definition) is 1. The molecule has 0 saturated carbocycles. The maximum absolute atomic E-state index is 13.2. The largest absolute Gasteiger partial charge is 0.416 e. The van der Waals surface area contributed by atoms with Gasteiger partial charge in [0.1, 0.15) is 5.65 Å². The molecule has 5 rings (SSSR count). The Bertz CT molecular complexity index is 1240. The highest BCUT2D eigenvalue weighted by Crippen LogP contribution is 2.35. The number of alkyl halides is 3. The van der Waals surface area contributed by atoms with E-state index in [2.05, 4.69) is 15.2 Å². The molecule has 5 nitrogen and oxygen atoms in total. The summed E-state index contributed by atoms with van der Waals surface area (Å²) in [5.41, 5.74) is 1.62. The van der Waals surface area contributed by atoms with E-state index in [9.17, 15) is 18.0 Å². The monoisotopic (exact) mass is 500 g/mol. The second-order valence-electron chi connectivity index (χ2n) is 9.10. The van der Waals surface area contributed by atoms with Crippen LogP contribution in [0.1, 0.15) is 36.1 Å². The Morgan fingerprint density at radius 3 is 2.71 bits per heavy atom. The lowest BCUT2D eigenvalue weighted by molar-refractivity contribution is -0.138. The zero-order valence-corrected chi connectivity index (χ0v) is 20.0. The number of amides is 1. The van der Waals surface area contributed by atoms with Crippen molar-refractivity contribution in [3.8, 4) is 0 Å². The Morgan fingerprint density at radius 2 is 1.91 bits per heavy atom. The molecule has 1 N–H and O–H groups in total. The van der Waals surface area contributed by atoms with Gasteiger partial charge in [-0.15, -0.1) is 0 Å².